The van der Waals surface area contributed by atoms with Crippen LogP contribution in [0.1, 0.15) is 47.8 Å². The zero-order valence-electron chi connectivity index (χ0n) is 23.6. The lowest BCUT2D eigenvalue weighted by atomic mass is 10.0. The molecular formula is C39H26O3S2. The van der Waals surface area contributed by atoms with Crippen LogP contribution in [0.15, 0.2) is 177 Å². The lowest BCUT2D eigenvalue weighted by molar-refractivity contribution is 0.103. The molecule has 0 aliphatic rings. The first kappa shape index (κ1) is 29.1. The van der Waals surface area contributed by atoms with E-state index in [0.717, 1.165) is 19.6 Å². The van der Waals surface area contributed by atoms with E-state index in [1.807, 2.05) is 158 Å². The number of benzene rings is 6. The van der Waals surface area contributed by atoms with Gasteiger partial charge in [-0.05, 0) is 97.1 Å². The Hall–Kier alpha value is -4.97. The first-order valence-electron chi connectivity index (χ1n) is 14.0. The van der Waals surface area contributed by atoms with Gasteiger partial charge in [0.1, 0.15) is 0 Å². The second-order valence-corrected chi connectivity index (χ2v) is 12.3. The SMILES string of the molecule is O=C(c1ccccc1)c1ccc(Sc2ccc(C(=O)c3ccc(Sc4ccc(C(=O)c5ccccc5)cc4)cc3)cc2)cc1. The molecule has 0 spiro atoms. The van der Waals surface area contributed by atoms with E-state index in [-0.39, 0.29) is 17.3 Å². The van der Waals surface area contributed by atoms with Gasteiger partial charge in [0, 0.05) is 53.0 Å². The van der Waals surface area contributed by atoms with Crippen molar-refractivity contribution in [3.05, 3.63) is 191 Å². The fourth-order valence-corrected chi connectivity index (χ4v) is 6.28. The van der Waals surface area contributed by atoms with Gasteiger partial charge in [-0.15, -0.1) is 0 Å². The van der Waals surface area contributed by atoms with E-state index in [2.05, 4.69) is 0 Å². The molecule has 0 unspecified atom stereocenters. The second-order valence-electron chi connectivity index (χ2n) is 10.0. The molecule has 0 aliphatic carbocycles. The van der Waals surface area contributed by atoms with Gasteiger partial charge >= 0.3 is 0 Å². The molecule has 0 aromatic heterocycles. The van der Waals surface area contributed by atoms with Crippen molar-refractivity contribution < 1.29 is 14.4 Å². The van der Waals surface area contributed by atoms with E-state index in [9.17, 15) is 14.4 Å². The summed E-state index contributed by atoms with van der Waals surface area (Å²) < 4.78 is 0. The Bertz CT molecular complexity index is 1760. The third-order valence-corrected chi connectivity index (χ3v) is 9.04. The fourth-order valence-electron chi connectivity index (χ4n) is 4.65. The minimum Gasteiger partial charge on any atom is -0.289 e. The number of ketones is 3. The smallest absolute Gasteiger partial charge is 0.193 e. The molecule has 6 aromatic rings. The van der Waals surface area contributed by atoms with Crippen molar-refractivity contribution in [2.24, 2.45) is 0 Å². The molecule has 3 nitrogen and oxygen atoms in total. The lowest BCUT2D eigenvalue weighted by Gasteiger charge is -2.07. The molecule has 0 saturated carbocycles. The van der Waals surface area contributed by atoms with Crippen LogP contribution in [0.5, 0.6) is 0 Å². The Morgan fingerprint density at radius 1 is 0.273 bits per heavy atom. The molecule has 0 aliphatic heterocycles. The van der Waals surface area contributed by atoms with Crippen LogP contribution < -0.4 is 0 Å². The van der Waals surface area contributed by atoms with Gasteiger partial charge in [0.25, 0.3) is 0 Å². The average Bonchev–Trinajstić information content (AvgIpc) is 3.09. The Labute approximate surface area is 265 Å². The minimum atomic E-state index is -0.0364. The average molecular weight is 607 g/mol. The summed E-state index contributed by atoms with van der Waals surface area (Å²) >= 11 is 3.16. The Morgan fingerprint density at radius 2 is 0.477 bits per heavy atom. The first-order chi connectivity index (χ1) is 21.5. The number of hydrogen-bond acceptors (Lipinski definition) is 5. The van der Waals surface area contributed by atoms with Crippen LogP contribution in [0.25, 0.3) is 0 Å². The topological polar surface area (TPSA) is 51.2 Å². The molecule has 0 bridgehead atoms. The zero-order chi connectivity index (χ0) is 30.3. The van der Waals surface area contributed by atoms with Gasteiger partial charge < -0.3 is 0 Å². The highest BCUT2D eigenvalue weighted by Gasteiger charge is 2.12. The van der Waals surface area contributed by atoms with Crippen LogP contribution in [-0.2, 0) is 0 Å². The van der Waals surface area contributed by atoms with Crippen molar-refractivity contribution in [3.8, 4) is 0 Å². The maximum absolute atomic E-state index is 13.1. The summed E-state index contributed by atoms with van der Waals surface area (Å²) in [5.74, 6) is -0.0318. The monoisotopic (exact) mass is 606 g/mol. The van der Waals surface area contributed by atoms with Crippen LogP contribution >= 0.6 is 23.5 Å². The number of hydrogen-bond donors (Lipinski definition) is 0. The van der Waals surface area contributed by atoms with Crippen LogP contribution in [0.3, 0.4) is 0 Å². The van der Waals surface area contributed by atoms with E-state index in [1.54, 1.807) is 23.5 Å². The van der Waals surface area contributed by atoms with Crippen LogP contribution in [0, 0.1) is 0 Å². The van der Waals surface area contributed by atoms with Gasteiger partial charge in [-0.25, -0.2) is 0 Å². The van der Waals surface area contributed by atoms with Crippen molar-refractivity contribution in [3.63, 3.8) is 0 Å². The standard InChI is InChI=1S/C39H26O3S2/c40-37(27-7-3-1-4-8-27)29-11-19-33(20-12-29)43-35-23-15-31(16-24-35)39(42)32-17-25-36(26-18-32)44-34-21-13-30(14-22-34)38(41)28-9-5-2-6-10-28/h1-26H. The molecule has 44 heavy (non-hydrogen) atoms. The summed E-state index contributed by atoms with van der Waals surface area (Å²) in [6, 6.07) is 48.8. The fraction of sp³-hybridized carbons (Fsp3) is 0. The first-order valence-corrected chi connectivity index (χ1v) is 15.7. The molecule has 6 aromatic carbocycles. The number of carbonyl (C=O) groups is 3. The van der Waals surface area contributed by atoms with E-state index in [1.165, 1.54) is 0 Å². The van der Waals surface area contributed by atoms with Crippen molar-refractivity contribution in [1.29, 1.82) is 0 Å². The second kappa shape index (κ2) is 13.6. The van der Waals surface area contributed by atoms with E-state index < -0.39 is 0 Å². The predicted molar refractivity (Wildman–Crippen MR) is 177 cm³/mol. The molecule has 212 valence electrons. The molecule has 0 radical (unpaired) electrons. The Morgan fingerprint density at radius 3 is 0.705 bits per heavy atom. The van der Waals surface area contributed by atoms with Crippen LogP contribution in [0.4, 0.5) is 0 Å². The lowest BCUT2D eigenvalue weighted by Crippen LogP contribution is -2.01. The Balaban J connectivity index is 1.05. The van der Waals surface area contributed by atoms with Gasteiger partial charge in [0.15, 0.2) is 17.3 Å². The number of rotatable bonds is 10. The van der Waals surface area contributed by atoms with Crippen molar-refractivity contribution in [2.75, 3.05) is 0 Å². The van der Waals surface area contributed by atoms with Gasteiger partial charge in [0.05, 0.1) is 0 Å². The molecule has 0 amide bonds. The summed E-state index contributed by atoms with van der Waals surface area (Å²) in [5.41, 5.74) is 3.89. The highest BCUT2D eigenvalue weighted by molar-refractivity contribution is 7.99. The van der Waals surface area contributed by atoms with Crippen LogP contribution in [0.2, 0.25) is 0 Å². The summed E-state index contributed by atoms with van der Waals surface area (Å²) in [6.07, 6.45) is 0. The van der Waals surface area contributed by atoms with Crippen molar-refractivity contribution in [2.45, 2.75) is 19.6 Å². The van der Waals surface area contributed by atoms with Crippen molar-refractivity contribution in [1.82, 2.24) is 0 Å². The maximum Gasteiger partial charge on any atom is 0.193 e. The molecule has 0 saturated heterocycles. The highest BCUT2D eigenvalue weighted by Crippen LogP contribution is 2.30. The summed E-state index contributed by atoms with van der Waals surface area (Å²) in [5, 5.41) is 0. The third kappa shape index (κ3) is 6.97. The normalized spacial score (nSPS) is 10.7. The molecule has 0 N–H and O–H groups in total. The third-order valence-electron chi connectivity index (χ3n) is 7.01. The highest BCUT2D eigenvalue weighted by atomic mass is 32.2. The predicted octanol–water partition coefficient (Wildman–Crippen LogP) is 9.68. The Kier molecular flexibility index (Phi) is 8.97. The molecule has 0 heterocycles. The molecular weight excluding hydrogens is 581 g/mol. The van der Waals surface area contributed by atoms with E-state index >= 15 is 0 Å². The summed E-state index contributed by atoms with van der Waals surface area (Å²) in [6.45, 7) is 0. The van der Waals surface area contributed by atoms with Crippen molar-refractivity contribution >= 4 is 40.9 Å². The van der Waals surface area contributed by atoms with Gasteiger partial charge in [-0.3, -0.25) is 14.4 Å². The van der Waals surface area contributed by atoms with Gasteiger partial charge in [-0.1, -0.05) is 84.2 Å². The molecule has 0 fully saturated rings. The quantitative estimate of drug-likeness (QED) is 0.145. The molecule has 6 rings (SSSR count). The minimum absolute atomic E-state index is 0.00233. The van der Waals surface area contributed by atoms with Crippen LogP contribution in [-0.4, -0.2) is 17.3 Å². The van der Waals surface area contributed by atoms with Gasteiger partial charge in [0.2, 0.25) is 0 Å². The summed E-state index contributed by atoms with van der Waals surface area (Å²) in [4.78, 5) is 42.5. The zero-order valence-corrected chi connectivity index (χ0v) is 25.2. The summed E-state index contributed by atoms with van der Waals surface area (Å²) in [7, 11) is 0. The van der Waals surface area contributed by atoms with Gasteiger partial charge in [-0.2, -0.15) is 0 Å². The molecule has 5 heteroatoms. The van der Waals surface area contributed by atoms with E-state index in [4.69, 9.17) is 0 Å². The number of carbonyl (C=O) groups excluding carboxylic acids is 3. The largest absolute Gasteiger partial charge is 0.289 e. The maximum atomic E-state index is 13.1. The van der Waals surface area contributed by atoms with E-state index in [0.29, 0.717) is 33.4 Å². The molecule has 0 atom stereocenters.